The first-order valence-corrected chi connectivity index (χ1v) is 11.7. The minimum Gasteiger partial charge on any atom is -0.272 e. The lowest BCUT2D eigenvalue weighted by Crippen LogP contribution is -2.19. The van der Waals surface area contributed by atoms with Gasteiger partial charge in [-0.15, -0.1) is 21.5 Å². The lowest BCUT2D eigenvalue weighted by atomic mass is 10.2. The van der Waals surface area contributed by atoms with Gasteiger partial charge in [0.05, 0.1) is 12.0 Å². The van der Waals surface area contributed by atoms with E-state index < -0.39 is 0 Å². The van der Waals surface area contributed by atoms with Crippen molar-refractivity contribution in [2.24, 2.45) is 5.10 Å². The minimum atomic E-state index is -0.159. The maximum atomic E-state index is 11.9. The van der Waals surface area contributed by atoms with Gasteiger partial charge in [0.1, 0.15) is 0 Å². The van der Waals surface area contributed by atoms with Crippen LogP contribution in [-0.4, -0.2) is 28.1 Å². The summed E-state index contributed by atoms with van der Waals surface area (Å²) in [4.78, 5) is 14.1. The highest BCUT2D eigenvalue weighted by atomic mass is 32.2. The van der Waals surface area contributed by atoms with Gasteiger partial charge >= 0.3 is 0 Å². The number of carbonyl (C=O) groups excluding carboxylic acids is 1. The van der Waals surface area contributed by atoms with Gasteiger partial charge in [0.15, 0.2) is 8.68 Å². The summed E-state index contributed by atoms with van der Waals surface area (Å²) in [6, 6.07) is 12.5. The van der Waals surface area contributed by atoms with Crippen molar-refractivity contribution < 1.29 is 4.79 Å². The van der Waals surface area contributed by atoms with Gasteiger partial charge in [0.25, 0.3) is 5.91 Å². The molecule has 2 heterocycles. The lowest BCUT2D eigenvalue weighted by Gasteiger charge is -1.99. The Bertz CT molecular complexity index is 918. The summed E-state index contributed by atoms with van der Waals surface area (Å²) in [6.07, 6.45) is 1.66. The van der Waals surface area contributed by atoms with E-state index in [1.165, 1.54) is 39.1 Å². The van der Waals surface area contributed by atoms with Crippen molar-refractivity contribution in [1.29, 1.82) is 0 Å². The van der Waals surface area contributed by atoms with Crippen molar-refractivity contribution in [3.05, 3.63) is 57.3 Å². The molecule has 0 saturated heterocycles. The molecule has 0 aliphatic rings. The Morgan fingerprint density at radius 3 is 2.52 bits per heavy atom. The molecule has 0 fully saturated rings. The molecule has 140 valence electrons. The van der Waals surface area contributed by atoms with Crippen molar-refractivity contribution >= 4 is 58.3 Å². The summed E-state index contributed by atoms with van der Waals surface area (Å²) in [5, 5.41) is 12.3. The Morgan fingerprint density at radius 1 is 1.07 bits per heavy atom. The smallest absolute Gasteiger partial charge is 0.250 e. The second kappa shape index (κ2) is 10.0. The largest absolute Gasteiger partial charge is 0.272 e. The topological polar surface area (TPSA) is 67.2 Å². The summed E-state index contributed by atoms with van der Waals surface area (Å²) in [5.41, 5.74) is 5.05. The normalized spacial score (nSPS) is 11.2. The Hall–Kier alpha value is -1.68. The highest BCUT2D eigenvalue weighted by Crippen LogP contribution is 2.30. The van der Waals surface area contributed by atoms with Crippen LogP contribution in [0, 0.1) is 13.8 Å². The number of aryl methyl sites for hydroxylation is 2. The third-order valence-electron chi connectivity index (χ3n) is 3.34. The van der Waals surface area contributed by atoms with Crippen LogP contribution in [0.5, 0.6) is 0 Å². The predicted octanol–water partition coefficient (Wildman–Crippen LogP) is 4.75. The molecule has 2 aromatic heterocycles. The second-order valence-corrected chi connectivity index (χ2v) is 10.4. The Labute approximate surface area is 174 Å². The molecular formula is C18H18N4OS4. The SMILES string of the molecule is Cc1ccc(CSc2nnc(SCC(=O)N/N=C/c3ccc(C)s3)s2)cc1. The molecule has 0 unspecified atom stereocenters. The molecule has 0 aliphatic carbocycles. The van der Waals surface area contributed by atoms with Gasteiger partial charge < -0.3 is 0 Å². The number of hydrazone groups is 1. The van der Waals surface area contributed by atoms with Crippen LogP contribution in [0.1, 0.15) is 20.9 Å². The van der Waals surface area contributed by atoms with Gasteiger partial charge in [0.2, 0.25) is 0 Å². The van der Waals surface area contributed by atoms with Crippen LogP contribution in [0.2, 0.25) is 0 Å². The van der Waals surface area contributed by atoms with Gasteiger partial charge in [-0.2, -0.15) is 5.10 Å². The average molecular weight is 435 g/mol. The number of thiophene rings is 1. The molecule has 0 saturated carbocycles. The Morgan fingerprint density at radius 2 is 1.81 bits per heavy atom. The van der Waals surface area contributed by atoms with Crippen molar-refractivity contribution in [1.82, 2.24) is 15.6 Å². The van der Waals surface area contributed by atoms with E-state index in [-0.39, 0.29) is 11.7 Å². The quantitative estimate of drug-likeness (QED) is 0.315. The molecule has 1 N–H and O–H groups in total. The number of carbonyl (C=O) groups is 1. The van der Waals surface area contributed by atoms with E-state index in [0.717, 1.165) is 19.3 Å². The van der Waals surface area contributed by atoms with Crippen LogP contribution in [0.25, 0.3) is 0 Å². The van der Waals surface area contributed by atoms with Crippen LogP contribution in [-0.2, 0) is 10.5 Å². The van der Waals surface area contributed by atoms with Gasteiger partial charge in [-0.3, -0.25) is 4.79 Å². The molecule has 3 aromatic rings. The molecule has 1 amide bonds. The van der Waals surface area contributed by atoms with E-state index >= 15 is 0 Å². The maximum Gasteiger partial charge on any atom is 0.250 e. The molecule has 27 heavy (non-hydrogen) atoms. The van der Waals surface area contributed by atoms with Crippen LogP contribution >= 0.6 is 46.2 Å². The van der Waals surface area contributed by atoms with Crippen LogP contribution in [0.3, 0.4) is 0 Å². The Balaban J connectivity index is 1.40. The zero-order valence-electron chi connectivity index (χ0n) is 14.8. The average Bonchev–Trinajstić information content (AvgIpc) is 3.28. The molecule has 1 aromatic carbocycles. The van der Waals surface area contributed by atoms with E-state index in [1.807, 2.05) is 19.1 Å². The number of benzene rings is 1. The molecule has 0 spiro atoms. The first kappa shape index (κ1) is 20.1. The number of hydrogen-bond acceptors (Lipinski definition) is 8. The molecule has 9 heteroatoms. The van der Waals surface area contributed by atoms with E-state index in [9.17, 15) is 4.79 Å². The summed E-state index contributed by atoms with van der Waals surface area (Å²) >= 11 is 6.17. The lowest BCUT2D eigenvalue weighted by molar-refractivity contribution is -0.118. The minimum absolute atomic E-state index is 0.159. The number of hydrogen-bond donors (Lipinski definition) is 1. The molecule has 0 radical (unpaired) electrons. The van der Waals surface area contributed by atoms with E-state index in [2.05, 4.69) is 51.9 Å². The third-order valence-corrected chi connectivity index (χ3v) is 7.54. The van der Waals surface area contributed by atoms with E-state index in [4.69, 9.17) is 0 Å². The standard InChI is InChI=1S/C18H18N4OS4/c1-12-3-6-14(7-4-12)10-24-17-21-22-18(27-17)25-11-16(23)20-19-9-15-8-5-13(2)26-15/h3-9H,10-11H2,1-2H3,(H,20,23)/b19-9+. The molecular weight excluding hydrogens is 416 g/mol. The maximum absolute atomic E-state index is 11.9. The second-order valence-electron chi connectivity index (χ2n) is 5.64. The molecule has 0 bridgehead atoms. The van der Waals surface area contributed by atoms with Crippen molar-refractivity contribution in [3.8, 4) is 0 Å². The van der Waals surface area contributed by atoms with Gasteiger partial charge in [0, 0.05) is 15.5 Å². The number of rotatable bonds is 8. The highest BCUT2D eigenvalue weighted by Gasteiger charge is 2.08. The van der Waals surface area contributed by atoms with Crippen LogP contribution in [0.15, 0.2) is 50.2 Å². The van der Waals surface area contributed by atoms with Gasteiger partial charge in [-0.1, -0.05) is 64.7 Å². The molecule has 3 rings (SSSR count). The van der Waals surface area contributed by atoms with E-state index in [1.54, 1.807) is 29.3 Å². The number of aromatic nitrogens is 2. The third kappa shape index (κ3) is 6.76. The zero-order valence-corrected chi connectivity index (χ0v) is 18.1. The summed E-state index contributed by atoms with van der Waals surface area (Å²) in [7, 11) is 0. The number of nitrogens with one attached hydrogen (secondary N) is 1. The van der Waals surface area contributed by atoms with Crippen LogP contribution in [0.4, 0.5) is 0 Å². The van der Waals surface area contributed by atoms with Crippen LogP contribution < -0.4 is 5.43 Å². The summed E-state index contributed by atoms with van der Waals surface area (Å²) in [6.45, 7) is 4.11. The number of thioether (sulfide) groups is 2. The monoisotopic (exact) mass is 434 g/mol. The first-order valence-electron chi connectivity index (χ1n) is 8.11. The molecule has 0 atom stereocenters. The summed E-state index contributed by atoms with van der Waals surface area (Å²) < 4.78 is 1.69. The predicted molar refractivity (Wildman–Crippen MR) is 116 cm³/mol. The van der Waals surface area contributed by atoms with Crippen molar-refractivity contribution in [2.75, 3.05) is 5.75 Å². The fourth-order valence-electron chi connectivity index (χ4n) is 1.99. The zero-order chi connectivity index (χ0) is 19.1. The fraction of sp³-hybridized carbons (Fsp3) is 0.222. The first-order chi connectivity index (χ1) is 13.1. The Kier molecular flexibility index (Phi) is 7.45. The number of amides is 1. The van der Waals surface area contributed by atoms with Gasteiger partial charge in [-0.05, 0) is 31.5 Å². The van der Waals surface area contributed by atoms with Gasteiger partial charge in [-0.25, -0.2) is 5.43 Å². The highest BCUT2D eigenvalue weighted by molar-refractivity contribution is 8.03. The molecule has 5 nitrogen and oxygen atoms in total. The van der Waals surface area contributed by atoms with Crippen molar-refractivity contribution in [2.45, 2.75) is 28.3 Å². The molecule has 0 aliphatic heterocycles. The van der Waals surface area contributed by atoms with E-state index in [0.29, 0.717) is 0 Å². The fourth-order valence-corrected chi connectivity index (χ4v) is 5.51. The van der Waals surface area contributed by atoms with Crippen molar-refractivity contribution in [3.63, 3.8) is 0 Å². The summed E-state index contributed by atoms with van der Waals surface area (Å²) in [5.74, 6) is 0.961. The number of nitrogens with zero attached hydrogens (tertiary/aromatic N) is 3.